The largest absolute Gasteiger partial charge is 0.618 e. The van der Waals surface area contributed by atoms with Crippen molar-refractivity contribution >= 4 is 10.8 Å². The molecule has 18 heavy (non-hydrogen) atoms. The molecule has 3 rings (SSSR count). The van der Waals surface area contributed by atoms with Gasteiger partial charge in [0, 0.05) is 17.0 Å². The maximum atomic E-state index is 12.0. The van der Waals surface area contributed by atoms with Crippen LogP contribution in [0.2, 0.25) is 0 Å². The molecule has 0 bridgehead atoms. The summed E-state index contributed by atoms with van der Waals surface area (Å²) < 4.78 is 0.938. The van der Waals surface area contributed by atoms with Gasteiger partial charge in [-0.05, 0) is 30.5 Å². The number of benzene rings is 2. The number of pyridine rings is 1. The van der Waals surface area contributed by atoms with E-state index in [2.05, 4.69) is 0 Å². The summed E-state index contributed by atoms with van der Waals surface area (Å²) in [4.78, 5) is 0. The van der Waals surface area contributed by atoms with E-state index in [1.165, 1.54) is 5.56 Å². The fraction of sp³-hybridized carbons (Fsp3) is 0.0625. The fourth-order valence-electron chi connectivity index (χ4n) is 2.10. The molecule has 0 fully saturated rings. The van der Waals surface area contributed by atoms with E-state index in [0.717, 1.165) is 21.1 Å². The molecule has 0 saturated heterocycles. The van der Waals surface area contributed by atoms with Gasteiger partial charge in [-0.3, -0.25) is 0 Å². The zero-order valence-corrected chi connectivity index (χ0v) is 10.1. The summed E-state index contributed by atoms with van der Waals surface area (Å²) >= 11 is 0. The minimum Gasteiger partial charge on any atom is -0.618 e. The lowest BCUT2D eigenvalue weighted by molar-refractivity contribution is -0.592. The molecule has 1 heterocycles. The quantitative estimate of drug-likeness (QED) is 0.469. The van der Waals surface area contributed by atoms with Crippen molar-refractivity contribution < 1.29 is 4.73 Å². The van der Waals surface area contributed by atoms with Crippen LogP contribution in [0.4, 0.5) is 0 Å². The van der Waals surface area contributed by atoms with Crippen LogP contribution in [-0.4, -0.2) is 0 Å². The lowest BCUT2D eigenvalue weighted by Gasteiger charge is -2.06. The highest BCUT2D eigenvalue weighted by Gasteiger charge is 2.09. The van der Waals surface area contributed by atoms with Crippen LogP contribution in [-0.2, 0) is 0 Å². The first-order chi connectivity index (χ1) is 8.74. The van der Waals surface area contributed by atoms with Gasteiger partial charge in [-0.15, -0.1) is 0 Å². The van der Waals surface area contributed by atoms with E-state index in [9.17, 15) is 5.21 Å². The van der Waals surface area contributed by atoms with E-state index in [4.69, 9.17) is 0 Å². The van der Waals surface area contributed by atoms with Crippen LogP contribution in [0.1, 0.15) is 5.56 Å². The Balaban J connectivity index is 2.22. The van der Waals surface area contributed by atoms with Gasteiger partial charge in [0.05, 0.1) is 0 Å². The molecule has 0 amide bonds. The summed E-state index contributed by atoms with van der Waals surface area (Å²) in [6.45, 7) is 2.04. The predicted octanol–water partition coefficient (Wildman–Crippen LogP) is 3.45. The second-order valence-electron chi connectivity index (χ2n) is 4.48. The number of rotatable bonds is 1. The lowest BCUT2D eigenvalue weighted by atomic mass is 10.1. The molecule has 2 nitrogen and oxygen atoms in total. The zero-order chi connectivity index (χ0) is 12.5. The van der Waals surface area contributed by atoms with Crippen molar-refractivity contribution in [2.75, 3.05) is 0 Å². The maximum Gasteiger partial charge on any atom is 0.224 e. The number of fused-ring (bicyclic) bond motifs is 1. The summed E-state index contributed by atoms with van der Waals surface area (Å²) in [6.07, 6.45) is 1.63. The highest BCUT2D eigenvalue weighted by molar-refractivity contribution is 5.83. The van der Waals surface area contributed by atoms with Crippen molar-refractivity contribution in [3.05, 3.63) is 71.6 Å². The molecule has 3 aromatic rings. The van der Waals surface area contributed by atoms with Crippen molar-refractivity contribution in [2.24, 2.45) is 0 Å². The molecule has 0 saturated carbocycles. The second kappa shape index (κ2) is 4.15. The minimum absolute atomic E-state index is 0.689. The van der Waals surface area contributed by atoms with Crippen molar-refractivity contribution in [3.63, 3.8) is 0 Å². The third kappa shape index (κ3) is 1.82. The summed E-state index contributed by atoms with van der Waals surface area (Å²) in [5.74, 6) is 0. The standard InChI is InChI=1S/C16H13NO/c1-12-6-8-13(9-7-12)16-10-14-4-2-3-5-15(14)11-17(16)18/h2-11H,1H3. The molecule has 0 N–H and O–H groups in total. The van der Waals surface area contributed by atoms with Gasteiger partial charge in [0.25, 0.3) is 0 Å². The van der Waals surface area contributed by atoms with Crippen LogP contribution in [0.5, 0.6) is 0 Å². The van der Waals surface area contributed by atoms with E-state index in [1.807, 2.05) is 61.5 Å². The molecule has 0 aliphatic heterocycles. The first-order valence-corrected chi connectivity index (χ1v) is 5.93. The van der Waals surface area contributed by atoms with Gasteiger partial charge >= 0.3 is 0 Å². The highest BCUT2D eigenvalue weighted by atomic mass is 16.5. The number of aryl methyl sites for hydroxylation is 1. The molecule has 0 atom stereocenters. The topological polar surface area (TPSA) is 26.9 Å². The van der Waals surface area contributed by atoms with Crippen LogP contribution >= 0.6 is 0 Å². The van der Waals surface area contributed by atoms with E-state index in [0.29, 0.717) is 5.69 Å². The van der Waals surface area contributed by atoms with Gasteiger partial charge in [0.1, 0.15) is 0 Å². The first-order valence-electron chi connectivity index (χ1n) is 5.93. The Kier molecular flexibility index (Phi) is 2.49. The predicted molar refractivity (Wildman–Crippen MR) is 73.1 cm³/mol. The Hall–Kier alpha value is -2.35. The van der Waals surface area contributed by atoms with Crippen molar-refractivity contribution in [3.8, 4) is 11.3 Å². The lowest BCUT2D eigenvalue weighted by Crippen LogP contribution is -2.28. The van der Waals surface area contributed by atoms with E-state index >= 15 is 0 Å². The van der Waals surface area contributed by atoms with Gasteiger partial charge in [-0.2, -0.15) is 4.73 Å². The first kappa shape index (κ1) is 10.8. The SMILES string of the molecule is Cc1ccc(-c2cc3ccccc3c[n+]2[O-])cc1. The van der Waals surface area contributed by atoms with Crippen molar-refractivity contribution in [2.45, 2.75) is 6.92 Å². The van der Waals surface area contributed by atoms with Gasteiger partial charge in [0.15, 0.2) is 6.20 Å². The summed E-state index contributed by atoms with van der Waals surface area (Å²) in [5.41, 5.74) is 2.83. The monoisotopic (exact) mass is 235 g/mol. The molecule has 0 spiro atoms. The highest BCUT2D eigenvalue weighted by Crippen LogP contribution is 2.20. The van der Waals surface area contributed by atoms with Gasteiger partial charge in [0.2, 0.25) is 5.69 Å². The second-order valence-corrected chi connectivity index (χ2v) is 4.48. The molecule has 2 aromatic carbocycles. The summed E-state index contributed by atoms with van der Waals surface area (Å²) in [6, 6.07) is 17.8. The van der Waals surface area contributed by atoms with Crippen LogP contribution in [0.15, 0.2) is 60.8 Å². The number of nitrogens with zero attached hydrogens (tertiary/aromatic N) is 1. The Morgan fingerprint density at radius 1 is 0.889 bits per heavy atom. The zero-order valence-electron chi connectivity index (χ0n) is 10.1. The van der Waals surface area contributed by atoms with Gasteiger partial charge in [-0.25, -0.2) is 0 Å². The molecule has 0 aliphatic rings. The van der Waals surface area contributed by atoms with E-state index in [1.54, 1.807) is 6.20 Å². The molecule has 1 aromatic heterocycles. The van der Waals surface area contributed by atoms with E-state index < -0.39 is 0 Å². The van der Waals surface area contributed by atoms with Crippen LogP contribution < -0.4 is 4.73 Å². The molecular formula is C16H13NO. The molecule has 88 valence electrons. The third-order valence-corrected chi connectivity index (χ3v) is 3.13. The average Bonchev–Trinajstić information content (AvgIpc) is 2.39. The summed E-state index contributed by atoms with van der Waals surface area (Å²) in [7, 11) is 0. The molecule has 0 unspecified atom stereocenters. The number of aromatic nitrogens is 1. The van der Waals surface area contributed by atoms with Crippen LogP contribution in [0, 0.1) is 12.1 Å². The Morgan fingerprint density at radius 2 is 1.56 bits per heavy atom. The van der Waals surface area contributed by atoms with Gasteiger partial charge in [-0.1, -0.05) is 35.9 Å². The van der Waals surface area contributed by atoms with E-state index in [-0.39, 0.29) is 0 Å². The molecule has 0 radical (unpaired) electrons. The molecule has 0 aliphatic carbocycles. The van der Waals surface area contributed by atoms with Crippen molar-refractivity contribution in [1.82, 2.24) is 0 Å². The normalized spacial score (nSPS) is 10.7. The van der Waals surface area contributed by atoms with Crippen LogP contribution in [0.3, 0.4) is 0 Å². The smallest absolute Gasteiger partial charge is 0.224 e. The summed E-state index contributed by atoms with van der Waals surface area (Å²) in [5, 5.41) is 14.1. The number of hydrogen-bond acceptors (Lipinski definition) is 1. The average molecular weight is 235 g/mol. The maximum absolute atomic E-state index is 12.0. The third-order valence-electron chi connectivity index (χ3n) is 3.13. The molecular weight excluding hydrogens is 222 g/mol. The number of hydrogen-bond donors (Lipinski definition) is 0. The fourth-order valence-corrected chi connectivity index (χ4v) is 2.10. The Morgan fingerprint density at radius 3 is 2.28 bits per heavy atom. The van der Waals surface area contributed by atoms with Crippen molar-refractivity contribution in [1.29, 1.82) is 0 Å². The van der Waals surface area contributed by atoms with Gasteiger partial charge < -0.3 is 5.21 Å². The minimum atomic E-state index is 0.689. The van der Waals surface area contributed by atoms with Crippen LogP contribution in [0.25, 0.3) is 22.0 Å². The Labute approximate surface area is 106 Å². The Bertz CT molecular complexity index is 702. The molecule has 2 heteroatoms.